The minimum atomic E-state index is -0.343. The monoisotopic (exact) mass is 421 g/mol. The van der Waals surface area contributed by atoms with Crippen LogP contribution in [-0.2, 0) is 11.8 Å². The summed E-state index contributed by atoms with van der Waals surface area (Å²) in [6.45, 7) is 0. The SMILES string of the molecule is c1ccc(N2c3ccccc3C3(c4ccccc4Cc4ccccc43)c3ccccc32)cc1. The summed E-state index contributed by atoms with van der Waals surface area (Å²) in [5.41, 5.74) is 11.6. The van der Waals surface area contributed by atoms with E-state index in [0.29, 0.717) is 0 Å². The number of benzene rings is 5. The van der Waals surface area contributed by atoms with Crippen LogP contribution in [0.2, 0.25) is 0 Å². The number of hydrogen-bond acceptors (Lipinski definition) is 1. The van der Waals surface area contributed by atoms with Crippen molar-refractivity contribution in [2.24, 2.45) is 0 Å². The Morgan fingerprint density at radius 2 is 0.848 bits per heavy atom. The van der Waals surface area contributed by atoms with Gasteiger partial charge in [0.25, 0.3) is 0 Å². The molecule has 1 aliphatic heterocycles. The maximum absolute atomic E-state index is 2.43. The number of para-hydroxylation sites is 3. The van der Waals surface area contributed by atoms with Gasteiger partial charge in [0.15, 0.2) is 0 Å². The van der Waals surface area contributed by atoms with E-state index in [1.54, 1.807) is 0 Å². The second kappa shape index (κ2) is 6.95. The molecule has 0 N–H and O–H groups in total. The van der Waals surface area contributed by atoms with Crippen LogP contribution in [0.3, 0.4) is 0 Å². The Morgan fingerprint density at radius 3 is 1.39 bits per heavy atom. The molecule has 2 aliphatic rings. The van der Waals surface area contributed by atoms with Crippen molar-refractivity contribution in [3.05, 3.63) is 161 Å². The predicted molar refractivity (Wildman–Crippen MR) is 136 cm³/mol. The van der Waals surface area contributed by atoms with Crippen LogP contribution in [0.1, 0.15) is 33.4 Å². The minimum absolute atomic E-state index is 0.343. The Morgan fingerprint density at radius 1 is 0.424 bits per heavy atom. The zero-order chi connectivity index (χ0) is 21.8. The normalized spacial score (nSPS) is 14.7. The lowest BCUT2D eigenvalue weighted by Gasteiger charge is -2.49. The van der Waals surface area contributed by atoms with Crippen LogP contribution >= 0.6 is 0 Å². The number of anilines is 3. The van der Waals surface area contributed by atoms with Crippen molar-refractivity contribution in [1.29, 1.82) is 0 Å². The zero-order valence-corrected chi connectivity index (χ0v) is 18.3. The van der Waals surface area contributed by atoms with Gasteiger partial charge in [0.1, 0.15) is 0 Å². The lowest BCUT2D eigenvalue weighted by atomic mass is 9.58. The summed E-state index contributed by atoms with van der Waals surface area (Å²) >= 11 is 0. The molecule has 1 spiro atoms. The van der Waals surface area contributed by atoms with Gasteiger partial charge in [-0.1, -0.05) is 103 Å². The molecule has 1 aliphatic carbocycles. The second-order valence-corrected chi connectivity index (χ2v) is 8.95. The molecule has 0 unspecified atom stereocenters. The van der Waals surface area contributed by atoms with Crippen LogP contribution in [-0.4, -0.2) is 0 Å². The largest absolute Gasteiger partial charge is 0.310 e. The fourth-order valence-electron chi connectivity index (χ4n) is 6.11. The fourth-order valence-corrected chi connectivity index (χ4v) is 6.11. The summed E-state index contributed by atoms with van der Waals surface area (Å²) in [4.78, 5) is 2.43. The Labute approximate surface area is 194 Å². The van der Waals surface area contributed by atoms with Crippen molar-refractivity contribution in [3.8, 4) is 0 Å². The molecule has 0 atom stereocenters. The summed E-state index contributed by atoms with van der Waals surface area (Å²) in [6.07, 6.45) is 0.973. The van der Waals surface area contributed by atoms with Gasteiger partial charge < -0.3 is 4.90 Å². The number of hydrogen-bond donors (Lipinski definition) is 0. The first-order valence-corrected chi connectivity index (χ1v) is 11.6. The van der Waals surface area contributed by atoms with E-state index in [-0.39, 0.29) is 5.41 Å². The summed E-state index contributed by atoms with van der Waals surface area (Å²) in [6, 6.07) is 46.7. The Hall–Kier alpha value is -4.10. The van der Waals surface area contributed by atoms with Crippen LogP contribution in [0.15, 0.2) is 127 Å². The third kappa shape index (κ3) is 2.42. The minimum Gasteiger partial charge on any atom is -0.310 e. The fraction of sp³-hybridized carbons (Fsp3) is 0.0625. The van der Waals surface area contributed by atoms with Crippen molar-refractivity contribution in [2.75, 3.05) is 4.90 Å². The van der Waals surface area contributed by atoms with Gasteiger partial charge in [-0.15, -0.1) is 0 Å². The van der Waals surface area contributed by atoms with E-state index in [1.165, 1.54) is 50.4 Å². The van der Waals surface area contributed by atoms with Gasteiger partial charge in [-0.05, 0) is 64.1 Å². The van der Waals surface area contributed by atoms with Gasteiger partial charge in [-0.3, -0.25) is 0 Å². The van der Waals surface area contributed by atoms with Gasteiger partial charge in [-0.25, -0.2) is 0 Å². The maximum atomic E-state index is 2.43. The van der Waals surface area contributed by atoms with Crippen LogP contribution in [0, 0.1) is 0 Å². The van der Waals surface area contributed by atoms with E-state index in [4.69, 9.17) is 0 Å². The molecule has 0 aromatic heterocycles. The standard InChI is InChI=1S/C32H23N/c1-2-14-25(15-3-1)33-30-20-10-8-18-28(30)32(29-19-9-11-21-31(29)33)26-16-6-4-12-23(26)22-24-13-5-7-17-27(24)32/h1-21H,22H2. The van der Waals surface area contributed by atoms with Gasteiger partial charge in [0.2, 0.25) is 0 Å². The summed E-state index contributed by atoms with van der Waals surface area (Å²) in [5, 5.41) is 0. The summed E-state index contributed by atoms with van der Waals surface area (Å²) in [7, 11) is 0. The van der Waals surface area contributed by atoms with E-state index in [1.807, 2.05) is 0 Å². The number of rotatable bonds is 1. The summed E-state index contributed by atoms with van der Waals surface area (Å²) in [5.74, 6) is 0. The topological polar surface area (TPSA) is 3.24 Å². The molecule has 156 valence electrons. The first-order valence-electron chi connectivity index (χ1n) is 11.6. The van der Waals surface area contributed by atoms with Gasteiger partial charge >= 0.3 is 0 Å². The quantitative estimate of drug-likeness (QED) is 0.262. The highest BCUT2D eigenvalue weighted by atomic mass is 15.2. The molecule has 1 heteroatoms. The van der Waals surface area contributed by atoms with Gasteiger partial charge in [-0.2, -0.15) is 0 Å². The van der Waals surface area contributed by atoms with Crippen LogP contribution in [0.4, 0.5) is 17.1 Å². The van der Waals surface area contributed by atoms with Crippen molar-refractivity contribution in [2.45, 2.75) is 11.8 Å². The van der Waals surface area contributed by atoms with E-state index >= 15 is 0 Å². The first kappa shape index (κ1) is 18.5. The molecule has 0 amide bonds. The average Bonchev–Trinajstić information content (AvgIpc) is 2.89. The van der Waals surface area contributed by atoms with Crippen molar-refractivity contribution >= 4 is 17.1 Å². The first-order chi connectivity index (χ1) is 16.4. The lowest BCUT2D eigenvalue weighted by Crippen LogP contribution is -2.41. The molecule has 0 fully saturated rings. The van der Waals surface area contributed by atoms with Gasteiger partial charge in [0.05, 0.1) is 16.8 Å². The van der Waals surface area contributed by atoms with Crippen LogP contribution in [0.5, 0.6) is 0 Å². The molecule has 5 aromatic carbocycles. The van der Waals surface area contributed by atoms with Crippen LogP contribution in [0.25, 0.3) is 0 Å². The Kier molecular flexibility index (Phi) is 3.89. The van der Waals surface area contributed by atoms with Crippen molar-refractivity contribution < 1.29 is 0 Å². The van der Waals surface area contributed by atoms with Crippen molar-refractivity contribution in [1.82, 2.24) is 0 Å². The Bertz CT molecular complexity index is 1400. The molecule has 0 saturated heterocycles. The molecule has 1 heterocycles. The smallest absolute Gasteiger partial charge is 0.0747 e. The highest BCUT2D eigenvalue weighted by Gasteiger charge is 2.49. The molecule has 1 nitrogen and oxygen atoms in total. The predicted octanol–water partition coefficient (Wildman–Crippen LogP) is 7.76. The highest BCUT2D eigenvalue weighted by Crippen LogP contribution is 2.59. The maximum Gasteiger partial charge on any atom is 0.0747 e. The summed E-state index contributed by atoms with van der Waals surface area (Å²) < 4.78 is 0. The molecule has 33 heavy (non-hydrogen) atoms. The van der Waals surface area contributed by atoms with E-state index < -0.39 is 0 Å². The number of nitrogens with zero attached hydrogens (tertiary/aromatic N) is 1. The van der Waals surface area contributed by atoms with Crippen molar-refractivity contribution in [3.63, 3.8) is 0 Å². The molecule has 0 saturated carbocycles. The number of fused-ring (bicyclic) bond motifs is 8. The molecule has 5 aromatic rings. The van der Waals surface area contributed by atoms with E-state index in [0.717, 1.165) is 6.42 Å². The highest BCUT2D eigenvalue weighted by molar-refractivity contribution is 5.90. The third-order valence-corrected chi connectivity index (χ3v) is 7.34. The van der Waals surface area contributed by atoms with E-state index in [2.05, 4.69) is 132 Å². The molecular weight excluding hydrogens is 398 g/mol. The molecule has 0 bridgehead atoms. The molecular formula is C32H23N. The Balaban J connectivity index is 1.67. The third-order valence-electron chi connectivity index (χ3n) is 7.34. The van der Waals surface area contributed by atoms with Crippen LogP contribution < -0.4 is 4.90 Å². The molecule has 7 rings (SSSR count). The zero-order valence-electron chi connectivity index (χ0n) is 18.3. The average molecular weight is 422 g/mol. The second-order valence-electron chi connectivity index (χ2n) is 8.95. The van der Waals surface area contributed by atoms with Gasteiger partial charge in [0, 0.05) is 5.69 Å². The van der Waals surface area contributed by atoms with E-state index in [9.17, 15) is 0 Å². The lowest BCUT2D eigenvalue weighted by molar-refractivity contribution is 0.693. The molecule has 0 radical (unpaired) electrons.